The van der Waals surface area contributed by atoms with E-state index in [1.165, 1.54) is 22.3 Å². The summed E-state index contributed by atoms with van der Waals surface area (Å²) in [6.45, 7) is 18.0. The molecule has 5 aromatic carbocycles. The molecule has 0 saturated heterocycles. The molecule has 0 spiro atoms. The number of para-hydroxylation sites is 2. The van der Waals surface area contributed by atoms with Crippen LogP contribution in [0.1, 0.15) is 101 Å². The van der Waals surface area contributed by atoms with Gasteiger partial charge >= 0.3 is 0 Å². The maximum absolute atomic E-state index is 11.0. The molecule has 0 atom stereocenters. The van der Waals surface area contributed by atoms with Gasteiger partial charge in [0.2, 0.25) is 0 Å². The van der Waals surface area contributed by atoms with Gasteiger partial charge in [0.1, 0.15) is 5.75 Å². The summed E-state index contributed by atoms with van der Waals surface area (Å²) in [5.74, 6) is 2.55. The van der Waals surface area contributed by atoms with Gasteiger partial charge in [0, 0.05) is 37.9 Å². The fraction of sp³-hybridized carbons (Fsp3) is 0.250. The fourth-order valence-corrected chi connectivity index (χ4v) is 6.91. The summed E-state index contributed by atoms with van der Waals surface area (Å²) >= 11 is 0. The van der Waals surface area contributed by atoms with Crippen molar-refractivity contribution >= 4 is 11.0 Å². The number of aromatic nitrogens is 3. The Morgan fingerprint density at radius 2 is 1.08 bits per heavy atom. The number of rotatable bonds is 9. The van der Waals surface area contributed by atoms with E-state index >= 15 is 0 Å². The summed E-state index contributed by atoms with van der Waals surface area (Å²) in [5, 5.41) is 11.0. The summed E-state index contributed by atoms with van der Waals surface area (Å²) in [5.41, 5.74) is 14.4. The van der Waals surface area contributed by atoms with Gasteiger partial charge in [-0.15, -0.1) is 35.9 Å². The van der Waals surface area contributed by atoms with Gasteiger partial charge in [-0.1, -0.05) is 104 Å². The zero-order valence-corrected chi connectivity index (χ0v) is 34.2. The number of phenols is 1. The van der Waals surface area contributed by atoms with Crippen LogP contribution in [0.2, 0.25) is 0 Å². The topological polar surface area (TPSA) is 50.9 Å². The molecule has 53 heavy (non-hydrogen) atoms. The Labute approximate surface area is 329 Å². The number of hydrogen-bond acceptors (Lipinski definition) is 3. The van der Waals surface area contributed by atoms with Crippen LogP contribution < -0.4 is 0 Å². The molecule has 0 radical (unpaired) electrons. The molecular formula is C48H48N3OPt-. The van der Waals surface area contributed by atoms with Gasteiger partial charge in [0.25, 0.3) is 0 Å². The number of pyridine rings is 1. The van der Waals surface area contributed by atoms with Crippen molar-refractivity contribution in [3.63, 3.8) is 0 Å². The maximum atomic E-state index is 11.0. The second-order valence-corrected chi connectivity index (χ2v) is 15.2. The van der Waals surface area contributed by atoms with Crippen molar-refractivity contribution in [3.05, 3.63) is 144 Å². The van der Waals surface area contributed by atoms with Crippen molar-refractivity contribution < 1.29 is 26.2 Å². The fourth-order valence-electron chi connectivity index (χ4n) is 6.91. The van der Waals surface area contributed by atoms with Crippen LogP contribution >= 0.6 is 0 Å². The molecule has 4 nitrogen and oxygen atoms in total. The number of nitrogens with zero attached hydrogens (tertiary/aromatic N) is 3. The number of phenolic OH excluding ortho intramolecular Hbond substituents is 1. The van der Waals surface area contributed by atoms with E-state index in [1.54, 1.807) is 6.07 Å². The smallest absolute Gasteiger partial charge is 0.124 e. The van der Waals surface area contributed by atoms with Crippen LogP contribution in [0, 0.1) is 6.07 Å². The second kappa shape index (κ2) is 15.7. The van der Waals surface area contributed by atoms with E-state index in [0.717, 1.165) is 50.5 Å². The standard InChI is InChI=1S/C48H48N3O.Pt/c1-29(2)34-21-35(30(3)4)24-38(23-34)39-27-43(41-17-12-13-20-46(41)52)49-44(28-39)42-18-14-19-45-47(42)50-48(33-15-10-9-11-16-33)51(45)40-25-36(31(5)6)22-37(26-40)32(7)8;/h9-15,17-32,52H,1-8H3;/q-1;. The summed E-state index contributed by atoms with van der Waals surface area (Å²) in [7, 11) is 0. The van der Waals surface area contributed by atoms with E-state index in [2.05, 4.69) is 139 Å². The van der Waals surface area contributed by atoms with Crippen molar-refractivity contribution in [2.75, 3.05) is 0 Å². The Morgan fingerprint density at radius 3 is 1.64 bits per heavy atom. The summed E-state index contributed by atoms with van der Waals surface area (Å²) in [6.07, 6.45) is 0. The quantitative estimate of drug-likeness (QED) is 0.147. The summed E-state index contributed by atoms with van der Waals surface area (Å²) in [4.78, 5) is 10.7. The number of hydrogen-bond donors (Lipinski definition) is 1. The van der Waals surface area contributed by atoms with Gasteiger partial charge in [0.15, 0.2) is 0 Å². The molecule has 0 unspecified atom stereocenters. The van der Waals surface area contributed by atoms with Crippen LogP contribution in [-0.2, 0) is 21.1 Å². The van der Waals surface area contributed by atoms with Gasteiger partial charge < -0.3 is 9.67 Å². The van der Waals surface area contributed by atoms with Crippen LogP contribution in [0.25, 0.3) is 61.8 Å². The Bertz CT molecular complexity index is 2330. The molecule has 5 heteroatoms. The summed E-state index contributed by atoms with van der Waals surface area (Å²) < 4.78 is 2.29. The molecule has 0 saturated carbocycles. The van der Waals surface area contributed by atoms with Crippen molar-refractivity contribution in [2.45, 2.75) is 79.1 Å². The molecule has 0 aliphatic rings. The first-order chi connectivity index (χ1) is 25.0. The van der Waals surface area contributed by atoms with E-state index in [0.29, 0.717) is 34.9 Å². The van der Waals surface area contributed by atoms with Crippen LogP contribution in [0.3, 0.4) is 0 Å². The average molecular weight is 878 g/mol. The van der Waals surface area contributed by atoms with Gasteiger partial charge in [-0.25, -0.2) is 4.98 Å². The zero-order chi connectivity index (χ0) is 36.7. The third kappa shape index (κ3) is 7.66. The molecule has 0 amide bonds. The molecule has 1 N–H and O–H groups in total. The molecule has 0 fully saturated rings. The van der Waals surface area contributed by atoms with Gasteiger partial charge in [0.05, 0.1) is 28.2 Å². The first-order valence-electron chi connectivity index (χ1n) is 18.6. The third-order valence-corrected chi connectivity index (χ3v) is 10.1. The third-order valence-electron chi connectivity index (χ3n) is 10.1. The van der Waals surface area contributed by atoms with Crippen LogP contribution in [0.5, 0.6) is 5.75 Å². The molecule has 0 aliphatic carbocycles. The monoisotopic (exact) mass is 877 g/mol. The minimum absolute atomic E-state index is 0. The zero-order valence-electron chi connectivity index (χ0n) is 31.9. The second-order valence-electron chi connectivity index (χ2n) is 15.2. The first-order valence-corrected chi connectivity index (χ1v) is 18.6. The van der Waals surface area contributed by atoms with E-state index in [9.17, 15) is 5.11 Å². The van der Waals surface area contributed by atoms with Gasteiger partial charge in [-0.05, 0) is 99.5 Å². The molecule has 2 aromatic heterocycles. The minimum atomic E-state index is 0. The Morgan fingerprint density at radius 1 is 0.547 bits per heavy atom. The van der Waals surface area contributed by atoms with Crippen molar-refractivity contribution in [3.8, 4) is 56.5 Å². The normalized spacial score (nSPS) is 11.6. The van der Waals surface area contributed by atoms with E-state index in [-0.39, 0.29) is 26.8 Å². The largest absolute Gasteiger partial charge is 0.507 e. The molecular weight excluding hydrogens is 830 g/mol. The van der Waals surface area contributed by atoms with E-state index in [1.807, 2.05) is 36.4 Å². The molecule has 0 bridgehead atoms. The predicted octanol–water partition coefficient (Wildman–Crippen LogP) is 13.1. The summed E-state index contributed by atoms with van der Waals surface area (Å²) in [6, 6.07) is 43.5. The van der Waals surface area contributed by atoms with Crippen LogP contribution in [0.15, 0.2) is 115 Å². The van der Waals surface area contributed by atoms with E-state index < -0.39 is 0 Å². The Hall–Kier alpha value is -4.79. The van der Waals surface area contributed by atoms with Crippen molar-refractivity contribution in [1.82, 2.24) is 14.5 Å². The average Bonchev–Trinajstić information content (AvgIpc) is 3.55. The number of fused-ring (bicyclic) bond motifs is 1. The Kier molecular flexibility index (Phi) is 11.2. The number of benzene rings is 5. The van der Waals surface area contributed by atoms with Gasteiger partial charge in [-0.3, -0.25) is 4.98 Å². The number of aromatic hydroxyl groups is 1. The SMILES string of the molecule is CC(C)c1cc(-c2cc(-c3ccccc3O)nc(-c3cccc4c3nc(-c3[c-]cccc3)n4-c3cc(C(C)C)cc(C(C)C)c3)c2)cc(C(C)C)c1.[Pt]. The minimum Gasteiger partial charge on any atom is -0.507 e. The van der Waals surface area contributed by atoms with Crippen LogP contribution in [-0.4, -0.2) is 19.6 Å². The number of imidazole rings is 1. The van der Waals surface area contributed by atoms with Gasteiger partial charge in [-0.2, -0.15) is 0 Å². The molecule has 7 aromatic rings. The van der Waals surface area contributed by atoms with E-state index in [4.69, 9.17) is 9.97 Å². The van der Waals surface area contributed by atoms with Crippen molar-refractivity contribution in [2.24, 2.45) is 0 Å². The molecule has 2 heterocycles. The Balaban J connectivity index is 0.00000481. The van der Waals surface area contributed by atoms with Crippen molar-refractivity contribution in [1.29, 1.82) is 0 Å². The molecule has 272 valence electrons. The first kappa shape index (κ1) is 37.9. The predicted molar refractivity (Wildman–Crippen MR) is 217 cm³/mol. The maximum Gasteiger partial charge on any atom is 0.124 e. The molecule has 7 rings (SSSR count). The van der Waals surface area contributed by atoms with Crippen LogP contribution in [0.4, 0.5) is 0 Å². The molecule has 0 aliphatic heterocycles.